The molecular formula is C18H35NO2. The van der Waals surface area contributed by atoms with Crippen LogP contribution in [0.25, 0.3) is 0 Å². The predicted molar refractivity (Wildman–Crippen MR) is 91.5 cm³/mol. The maximum Gasteiger partial charge on any atom is 0.100 e. The number of ether oxygens (including phenoxy) is 2. The molecule has 3 nitrogen and oxygen atoms in total. The van der Waals surface area contributed by atoms with Gasteiger partial charge in [-0.1, -0.05) is 39.8 Å². The predicted octanol–water partition coefficient (Wildman–Crippen LogP) is 4.26. The molecule has 0 aliphatic carbocycles. The van der Waals surface area contributed by atoms with Crippen LogP contribution in [0.3, 0.4) is 0 Å². The number of morpholine rings is 1. The molecule has 0 aromatic heterocycles. The number of hydrogen-bond acceptors (Lipinski definition) is 3. The molecule has 1 rings (SSSR count). The minimum Gasteiger partial charge on any atom is -0.497 e. The molecular weight excluding hydrogens is 262 g/mol. The Labute approximate surface area is 132 Å². The van der Waals surface area contributed by atoms with Crippen LogP contribution in [0.15, 0.2) is 24.0 Å². The summed E-state index contributed by atoms with van der Waals surface area (Å²) in [6.07, 6.45) is 4.18. The van der Waals surface area contributed by atoms with Crippen LogP contribution >= 0.6 is 0 Å². The Hall–Kier alpha value is -0.800. The Morgan fingerprint density at radius 1 is 1.33 bits per heavy atom. The third kappa shape index (κ3) is 9.70. The monoisotopic (exact) mass is 297 g/mol. The molecule has 0 radical (unpaired) electrons. The first-order chi connectivity index (χ1) is 10.1. The van der Waals surface area contributed by atoms with Gasteiger partial charge in [-0.3, -0.25) is 4.90 Å². The highest BCUT2D eigenvalue weighted by Crippen LogP contribution is 2.19. The number of nitrogens with zero attached hydrogens (tertiary/aromatic N) is 1. The normalized spacial score (nSPS) is 17.7. The lowest BCUT2D eigenvalue weighted by atomic mass is 9.99. The number of hydrogen-bond donors (Lipinski definition) is 0. The maximum atomic E-state index is 5.94. The van der Waals surface area contributed by atoms with E-state index in [9.17, 15) is 0 Å². The van der Waals surface area contributed by atoms with Crippen molar-refractivity contribution in [2.45, 2.75) is 47.5 Å². The molecule has 0 spiro atoms. The summed E-state index contributed by atoms with van der Waals surface area (Å²) in [7, 11) is 0. The van der Waals surface area contributed by atoms with Crippen molar-refractivity contribution in [3.63, 3.8) is 0 Å². The Morgan fingerprint density at radius 2 is 1.95 bits per heavy atom. The molecule has 0 amide bonds. The van der Waals surface area contributed by atoms with Gasteiger partial charge in [0.15, 0.2) is 0 Å². The van der Waals surface area contributed by atoms with E-state index in [1.807, 2.05) is 13.8 Å². The van der Waals surface area contributed by atoms with Crippen molar-refractivity contribution in [1.29, 1.82) is 0 Å². The smallest absolute Gasteiger partial charge is 0.100 e. The number of allylic oxidation sites excluding steroid dienone is 3. The summed E-state index contributed by atoms with van der Waals surface area (Å²) in [4.78, 5) is 2.40. The fourth-order valence-electron chi connectivity index (χ4n) is 2.04. The van der Waals surface area contributed by atoms with Crippen molar-refractivity contribution < 1.29 is 9.47 Å². The lowest BCUT2D eigenvalue weighted by molar-refractivity contribution is 0.0268. The van der Waals surface area contributed by atoms with Crippen molar-refractivity contribution in [3.05, 3.63) is 24.0 Å². The van der Waals surface area contributed by atoms with Crippen molar-refractivity contribution >= 4 is 0 Å². The lowest BCUT2D eigenvalue weighted by Gasteiger charge is -2.26. The highest BCUT2D eigenvalue weighted by atomic mass is 16.5. The molecule has 1 fully saturated rings. The third-order valence-electron chi connectivity index (χ3n) is 3.58. The van der Waals surface area contributed by atoms with Gasteiger partial charge in [-0.15, -0.1) is 0 Å². The minimum absolute atomic E-state index is 0.487. The first-order valence-electron chi connectivity index (χ1n) is 8.40. The van der Waals surface area contributed by atoms with Gasteiger partial charge in [0.2, 0.25) is 0 Å². The molecule has 3 heteroatoms. The maximum absolute atomic E-state index is 5.94. The van der Waals surface area contributed by atoms with Crippen LogP contribution < -0.4 is 0 Å². The summed E-state index contributed by atoms with van der Waals surface area (Å²) < 4.78 is 11.3. The van der Waals surface area contributed by atoms with Gasteiger partial charge in [0.25, 0.3) is 0 Å². The molecule has 1 heterocycles. The summed E-state index contributed by atoms with van der Waals surface area (Å²) in [5, 5.41) is 0. The second-order valence-corrected chi connectivity index (χ2v) is 5.33. The SMILES string of the molecule is C=C(C)C(C)C/C(=C\CC)OCCN1CCOCC1.CC. The molecule has 0 N–H and O–H groups in total. The van der Waals surface area contributed by atoms with Gasteiger partial charge >= 0.3 is 0 Å². The fourth-order valence-corrected chi connectivity index (χ4v) is 2.04. The van der Waals surface area contributed by atoms with Gasteiger partial charge < -0.3 is 9.47 Å². The molecule has 0 aromatic rings. The van der Waals surface area contributed by atoms with E-state index in [4.69, 9.17) is 9.47 Å². The zero-order valence-corrected chi connectivity index (χ0v) is 14.8. The van der Waals surface area contributed by atoms with Crippen LogP contribution in [0.5, 0.6) is 0 Å². The van der Waals surface area contributed by atoms with Gasteiger partial charge in [-0.05, 0) is 25.3 Å². The van der Waals surface area contributed by atoms with E-state index in [1.54, 1.807) is 0 Å². The summed E-state index contributed by atoms with van der Waals surface area (Å²) in [5.41, 5.74) is 1.22. The Morgan fingerprint density at radius 3 is 2.48 bits per heavy atom. The standard InChI is InChI=1S/C16H29NO2.C2H6/c1-5-6-16(13-15(4)14(2)3)19-12-9-17-7-10-18-11-8-17;1-2/h6,15H,2,5,7-13H2,1,3-4H3;1-2H3/b16-6+;. The van der Waals surface area contributed by atoms with Crippen LogP contribution in [-0.2, 0) is 9.47 Å². The molecule has 1 saturated heterocycles. The molecule has 0 aromatic carbocycles. The molecule has 1 unspecified atom stereocenters. The molecule has 124 valence electrons. The van der Waals surface area contributed by atoms with Gasteiger partial charge in [0.1, 0.15) is 6.61 Å². The van der Waals surface area contributed by atoms with E-state index in [1.165, 1.54) is 5.57 Å². The van der Waals surface area contributed by atoms with Crippen LogP contribution in [0, 0.1) is 5.92 Å². The summed E-state index contributed by atoms with van der Waals surface area (Å²) >= 11 is 0. The average Bonchev–Trinajstić information content (AvgIpc) is 2.50. The number of rotatable bonds is 8. The average molecular weight is 297 g/mol. The van der Waals surface area contributed by atoms with E-state index in [2.05, 4.69) is 38.3 Å². The van der Waals surface area contributed by atoms with Gasteiger partial charge in [0, 0.05) is 26.1 Å². The van der Waals surface area contributed by atoms with Crippen molar-refractivity contribution in [2.24, 2.45) is 5.92 Å². The minimum atomic E-state index is 0.487. The second-order valence-electron chi connectivity index (χ2n) is 5.33. The van der Waals surface area contributed by atoms with Crippen molar-refractivity contribution in [1.82, 2.24) is 4.90 Å². The van der Waals surface area contributed by atoms with E-state index >= 15 is 0 Å². The Balaban J connectivity index is 0.00000191. The van der Waals surface area contributed by atoms with Gasteiger partial charge in [-0.25, -0.2) is 0 Å². The van der Waals surface area contributed by atoms with Crippen molar-refractivity contribution in [3.8, 4) is 0 Å². The summed E-state index contributed by atoms with van der Waals surface area (Å²) in [6, 6.07) is 0. The van der Waals surface area contributed by atoms with Crippen LogP contribution in [-0.4, -0.2) is 44.4 Å². The fraction of sp³-hybridized carbons (Fsp3) is 0.778. The van der Waals surface area contributed by atoms with Crippen LogP contribution in [0.1, 0.15) is 47.5 Å². The molecule has 21 heavy (non-hydrogen) atoms. The first kappa shape index (κ1) is 20.2. The summed E-state index contributed by atoms with van der Waals surface area (Å²) in [5.74, 6) is 1.60. The lowest BCUT2D eigenvalue weighted by Crippen LogP contribution is -2.38. The molecule has 1 aliphatic heterocycles. The highest BCUT2D eigenvalue weighted by molar-refractivity contribution is 5.02. The second kappa shape index (κ2) is 12.9. The molecule has 1 atom stereocenters. The molecule has 0 saturated carbocycles. The molecule has 1 aliphatic rings. The van der Waals surface area contributed by atoms with Gasteiger partial charge in [-0.2, -0.15) is 0 Å². The summed E-state index contributed by atoms with van der Waals surface area (Å²) in [6.45, 7) is 20.0. The largest absolute Gasteiger partial charge is 0.497 e. The topological polar surface area (TPSA) is 21.7 Å². The Bertz CT molecular complexity index is 294. The highest BCUT2D eigenvalue weighted by Gasteiger charge is 2.11. The van der Waals surface area contributed by atoms with E-state index < -0.39 is 0 Å². The van der Waals surface area contributed by atoms with Crippen LogP contribution in [0.4, 0.5) is 0 Å². The van der Waals surface area contributed by atoms with E-state index in [0.717, 1.165) is 58.1 Å². The van der Waals surface area contributed by atoms with Crippen molar-refractivity contribution in [2.75, 3.05) is 39.5 Å². The first-order valence-corrected chi connectivity index (χ1v) is 8.40. The zero-order chi connectivity index (χ0) is 16.1. The Kier molecular flexibility index (Phi) is 12.4. The van der Waals surface area contributed by atoms with Gasteiger partial charge in [0.05, 0.1) is 19.0 Å². The zero-order valence-electron chi connectivity index (χ0n) is 14.8. The molecule has 0 bridgehead atoms. The third-order valence-corrected chi connectivity index (χ3v) is 3.58. The quantitative estimate of drug-likeness (QED) is 0.493. The van der Waals surface area contributed by atoms with Crippen LogP contribution in [0.2, 0.25) is 0 Å². The van der Waals surface area contributed by atoms with E-state index in [0.29, 0.717) is 5.92 Å². The van der Waals surface area contributed by atoms with E-state index in [-0.39, 0.29) is 0 Å².